The van der Waals surface area contributed by atoms with Crippen molar-refractivity contribution in [3.05, 3.63) is 59.7 Å². The molecular weight excluding hydrogens is 699 g/mol. The van der Waals surface area contributed by atoms with Gasteiger partial charge in [-0.2, -0.15) is 13.2 Å². The Morgan fingerprint density at radius 3 is 1.49 bits per heavy atom. The minimum Gasteiger partial charge on any atom is -0.460 e. The van der Waals surface area contributed by atoms with Gasteiger partial charge in [-0.3, -0.25) is 0 Å². The number of unbranched alkanes of at least 4 members (excludes halogenated alkanes) is 3. The highest BCUT2D eigenvalue weighted by Crippen LogP contribution is 2.32. The third kappa shape index (κ3) is 23.6. The van der Waals surface area contributed by atoms with E-state index in [1.54, 1.807) is 18.2 Å². The maximum atomic E-state index is 13.0. The van der Waals surface area contributed by atoms with Gasteiger partial charge in [0.2, 0.25) is 0 Å². The number of halogens is 4. The largest absolute Gasteiger partial charge is 0.460 e. The Morgan fingerprint density at radius 1 is 0.549 bits per heavy atom. The topological polar surface area (TPSA) is 112 Å². The fourth-order valence-electron chi connectivity index (χ4n) is 4.26. The van der Waals surface area contributed by atoms with Crippen LogP contribution in [0.2, 0.25) is 0 Å². The Balaban J connectivity index is 1.32. The number of hydrogen-bond acceptors (Lipinski definition) is 11. The molecule has 0 atom stereocenters. The summed E-state index contributed by atoms with van der Waals surface area (Å²) in [6, 6.07) is 11.1. The monoisotopic (exact) mass is 751 g/mol. The molecule has 290 valence electrons. The molecule has 0 aliphatic carbocycles. The lowest BCUT2D eigenvalue weighted by molar-refractivity contribution is -0.137. The molecule has 2 aromatic carbocycles. The summed E-state index contributed by atoms with van der Waals surface area (Å²) in [5.41, 5.74) is -0.0818. The number of carbonyl (C=O) groups is 1. The van der Waals surface area contributed by atoms with Gasteiger partial charge in [0.15, 0.2) is 0 Å². The lowest BCUT2D eigenvalue weighted by Gasteiger charge is -2.13. The zero-order chi connectivity index (χ0) is 36.7. The van der Waals surface area contributed by atoms with E-state index in [0.717, 1.165) is 50.3 Å². The summed E-state index contributed by atoms with van der Waals surface area (Å²) in [5.74, 6) is 0.102. The molecule has 2 rings (SSSR count). The summed E-state index contributed by atoms with van der Waals surface area (Å²) in [7, 11) is 0. The van der Waals surface area contributed by atoms with E-state index in [9.17, 15) is 18.0 Å². The molecule has 2 aromatic rings. The number of benzene rings is 2. The minimum atomic E-state index is -4.48. The number of ether oxygens (including phenoxy) is 9. The zero-order valence-corrected chi connectivity index (χ0v) is 30.0. The lowest BCUT2D eigenvalue weighted by atomic mass is 10.1. The first-order valence-corrected chi connectivity index (χ1v) is 17.8. The number of carbonyl (C=O) groups excluding carboxylic acids is 1. The fourth-order valence-corrected chi connectivity index (χ4v) is 4.45. The van der Waals surface area contributed by atoms with Crippen molar-refractivity contribution in [1.29, 1.82) is 0 Å². The summed E-state index contributed by atoms with van der Waals surface area (Å²) in [6.07, 6.45) is -0.0494. The number of para-hydroxylation sites is 1. The van der Waals surface area contributed by atoms with Crippen LogP contribution in [-0.2, 0) is 48.8 Å². The van der Waals surface area contributed by atoms with Crippen LogP contribution in [0.5, 0.6) is 0 Å². The van der Waals surface area contributed by atoms with E-state index >= 15 is 0 Å². The summed E-state index contributed by atoms with van der Waals surface area (Å²) >= 11 is 5.65. The number of alkyl halides is 4. The molecule has 51 heavy (non-hydrogen) atoms. The van der Waals surface area contributed by atoms with Crippen molar-refractivity contribution >= 4 is 28.9 Å². The number of anilines is 2. The molecule has 0 aromatic heterocycles. The molecule has 0 heterocycles. The molecule has 0 bridgehead atoms. The van der Waals surface area contributed by atoms with Gasteiger partial charge in [-0.15, -0.1) is 11.6 Å². The van der Waals surface area contributed by atoms with E-state index in [4.69, 9.17) is 54.2 Å². The Bertz CT molecular complexity index is 1150. The van der Waals surface area contributed by atoms with Crippen LogP contribution in [0.3, 0.4) is 0 Å². The van der Waals surface area contributed by atoms with Crippen molar-refractivity contribution in [1.82, 2.24) is 0 Å². The second-order valence-corrected chi connectivity index (χ2v) is 11.3. The highest BCUT2D eigenvalue weighted by molar-refractivity contribution is 6.17. The van der Waals surface area contributed by atoms with Gasteiger partial charge in [0.05, 0.1) is 116 Å². The highest BCUT2D eigenvalue weighted by Gasteiger charge is 2.30. The standard InChI is InChI=1S/C36H53ClF3NO10/c37-12-5-1-2-6-13-43-14-15-44-16-17-45-18-19-46-20-21-47-22-23-48-24-25-49-26-27-50-28-29-51-35(42)33-10-3-4-11-34(33)41-32-9-7-8-31(30-32)36(38,39)40/h3-4,7-11,30,41H,1-2,5-6,12-29H2. The van der Waals surface area contributed by atoms with Gasteiger partial charge in [-0.05, 0) is 43.2 Å². The SMILES string of the molecule is O=C(OCCOCCOCCOCCOCCOCCOCCOCCOCCCCCCCl)c1ccccc1Nc1cccc(C(F)(F)F)c1. The Morgan fingerprint density at radius 2 is 1.00 bits per heavy atom. The van der Waals surface area contributed by atoms with E-state index in [1.165, 1.54) is 18.2 Å². The minimum absolute atomic E-state index is 0.00183. The molecule has 0 fully saturated rings. The van der Waals surface area contributed by atoms with Gasteiger partial charge in [-0.1, -0.05) is 31.0 Å². The zero-order valence-electron chi connectivity index (χ0n) is 29.3. The quantitative estimate of drug-likeness (QED) is 0.0488. The van der Waals surface area contributed by atoms with Gasteiger partial charge in [0, 0.05) is 18.2 Å². The van der Waals surface area contributed by atoms with Crippen molar-refractivity contribution in [2.75, 3.05) is 124 Å². The molecule has 1 N–H and O–H groups in total. The molecule has 0 unspecified atom stereocenters. The van der Waals surface area contributed by atoms with E-state index in [0.29, 0.717) is 98.2 Å². The van der Waals surface area contributed by atoms with Crippen molar-refractivity contribution < 1.29 is 60.6 Å². The normalized spacial score (nSPS) is 11.6. The first-order valence-electron chi connectivity index (χ1n) is 17.3. The van der Waals surface area contributed by atoms with Crippen LogP contribution >= 0.6 is 11.6 Å². The molecule has 15 heteroatoms. The molecule has 0 aliphatic heterocycles. The Kier molecular flexibility index (Phi) is 26.2. The van der Waals surface area contributed by atoms with Crippen molar-refractivity contribution in [3.63, 3.8) is 0 Å². The molecule has 0 amide bonds. The molecule has 11 nitrogen and oxygen atoms in total. The summed E-state index contributed by atoms with van der Waals surface area (Å²) in [5, 5.41) is 2.86. The summed E-state index contributed by atoms with van der Waals surface area (Å²) < 4.78 is 88.1. The average Bonchev–Trinajstić information content (AvgIpc) is 3.12. The molecule has 0 aliphatic rings. The van der Waals surface area contributed by atoms with Crippen molar-refractivity contribution in [3.8, 4) is 0 Å². The van der Waals surface area contributed by atoms with Gasteiger partial charge in [-0.25, -0.2) is 4.79 Å². The third-order valence-electron chi connectivity index (χ3n) is 6.85. The second-order valence-electron chi connectivity index (χ2n) is 10.9. The second kappa shape index (κ2) is 30.0. The number of nitrogens with one attached hydrogen (secondary N) is 1. The predicted octanol–water partition coefficient (Wildman–Crippen LogP) is 6.54. The van der Waals surface area contributed by atoms with Gasteiger partial charge in [0.1, 0.15) is 6.61 Å². The number of hydrogen-bond donors (Lipinski definition) is 1. The van der Waals surface area contributed by atoms with Crippen LogP contribution in [0, 0.1) is 0 Å². The number of rotatable bonds is 33. The lowest BCUT2D eigenvalue weighted by Crippen LogP contribution is -2.16. The average molecular weight is 752 g/mol. The Hall–Kier alpha value is -2.53. The molecule has 0 saturated carbocycles. The number of esters is 1. The molecule has 0 saturated heterocycles. The van der Waals surface area contributed by atoms with Crippen LogP contribution in [0.25, 0.3) is 0 Å². The fraction of sp³-hybridized carbons (Fsp3) is 0.639. The smallest absolute Gasteiger partial charge is 0.416 e. The van der Waals surface area contributed by atoms with Gasteiger partial charge in [0.25, 0.3) is 0 Å². The van der Waals surface area contributed by atoms with Crippen LogP contribution in [0.4, 0.5) is 24.5 Å². The third-order valence-corrected chi connectivity index (χ3v) is 7.12. The van der Waals surface area contributed by atoms with E-state index < -0.39 is 17.7 Å². The van der Waals surface area contributed by atoms with Gasteiger partial charge >= 0.3 is 12.1 Å². The van der Waals surface area contributed by atoms with Crippen molar-refractivity contribution in [2.24, 2.45) is 0 Å². The highest BCUT2D eigenvalue weighted by atomic mass is 35.5. The first-order chi connectivity index (χ1) is 24.9. The van der Waals surface area contributed by atoms with E-state index in [-0.39, 0.29) is 24.5 Å². The van der Waals surface area contributed by atoms with Crippen molar-refractivity contribution in [2.45, 2.75) is 31.9 Å². The van der Waals surface area contributed by atoms with E-state index in [1.807, 2.05) is 0 Å². The van der Waals surface area contributed by atoms with Crippen LogP contribution in [0.1, 0.15) is 41.6 Å². The maximum Gasteiger partial charge on any atom is 0.416 e. The van der Waals surface area contributed by atoms with Crippen LogP contribution in [0.15, 0.2) is 48.5 Å². The molecular formula is C36H53ClF3NO10. The predicted molar refractivity (Wildman–Crippen MR) is 187 cm³/mol. The van der Waals surface area contributed by atoms with Gasteiger partial charge < -0.3 is 47.9 Å². The Labute approximate surface area is 304 Å². The first kappa shape index (κ1) is 44.6. The summed E-state index contributed by atoms with van der Waals surface area (Å²) in [4.78, 5) is 12.6. The summed E-state index contributed by atoms with van der Waals surface area (Å²) in [6.45, 7) is 7.37. The van der Waals surface area contributed by atoms with E-state index in [2.05, 4.69) is 5.32 Å². The maximum absolute atomic E-state index is 13.0. The van der Waals surface area contributed by atoms with Crippen LogP contribution < -0.4 is 5.32 Å². The molecule has 0 spiro atoms. The molecule has 0 radical (unpaired) electrons. The van der Waals surface area contributed by atoms with Crippen LogP contribution in [-0.4, -0.2) is 124 Å².